The summed E-state index contributed by atoms with van der Waals surface area (Å²) in [5, 5.41) is 15.0. The smallest absolute Gasteiger partial charge is 0.272 e. The van der Waals surface area contributed by atoms with Gasteiger partial charge in [0, 0.05) is 23.9 Å². The molecule has 2 atom stereocenters. The van der Waals surface area contributed by atoms with Crippen LogP contribution in [-0.4, -0.2) is 28.2 Å². The number of nitrogens with one attached hydrogen (secondary N) is 3. The Bertz CT molecular complexity index is 872. The number of hydrogen-bond acceptors (Lipinski definition) is 4. The van der Waals surface area contributed by atoms with Crippen molar-refractivity contribution >= 4 is 22.5 Å². The molecule has 28 heavy (non-hydrogen) atoms. The summed E-state index contributed by atoms with van der Waals surface area (Å²) in [4.78, 5) is 24.3. The molecule has 0 bridgehead atoms. The van der Waals surface area contributed by atoms with Crippen molar-refractivity contribution in [1.29, 1.82) is 0 Å². The fourth-order valence-electron chi connectivity index (χ4n) is 4.80. The van der Waals surface area contributed by atoms with Gasteiger partial charge in [-0.05, 0) is 44.1 Å². The van der Waals surface area contributed by atoms with Crippen LogP contribution >= 0.6 is 0 Å². The van der Waals surface area contributed by atoms with Gasteiger partial charge in [0.05, 0.1) is 5.39 Å². The summed E-state index contributed by atoms with van der Waals surface area (Å²) in [5.41, 5.74) is -0.169. The Morgan fingerprint density at radius 1 is 1.04 bits per heavy atom. The van der Waals surface area contributed by atoms with E-state index in [4.69, 9.17) is 0 Å². The van der Waals surface area contributed by atoms with Crippen molar-refractivity contribution in [2.75, 3.05) is 5.32 Å². The summed E-state index contributed by atoms with van der Waals surface area (Å²) in [6, 6.07) is 7.98. The average Bonchev–Trinajstić information content (AvgIpc) is 3.23. The molecule has 2 aliphatic carbocycles. The monoisotopic (exact) mass is 382 g/mol. The van der Waals surface area contributed by atoms with Crippen LogP contribution in [0.1, 0.15) is 64.2 Å². The number of amides is 1. The van der Waals surface area contributed by atoms with Crippen molar-refractivity contribution in [2.45, 2.75) is 76.3 Å². The molecule has 1 amide bonds. The Labute approximate surface area is 165 Å². The maximum absolute atomic E-state index is 12.4. The summed E-state index contributed by atoms with van der Waals surface area (Å²) in [5.74, 6) is 1.67. The molecule has 1 heterocycles. The van der Waals surface area contributed by atoms with Crippen molar-refractivity contribution in [2.24, 2.45) is 5.92 Å². The number of fused-ring (bicyclic) bond motifs is 1. The molecule has 4 rings (SSSR count). The fraction of sp³-hybridized carbons (Fsp3) is 0.591. The number of benzene rings is 1. The molecule has 2 aliphatic rings. The number of rotatable bonds is 6. The van der Waals surface area contributed by atoms with Crippen molar-refractivity contribution < 1.29 is 4.79 Å². The summed E-state index contributed by atoms with van der Waals surface area (Å²) in [7, 11) is 0. The van der Waals surface area contributed by atoms with Gasteiger partial charge in [-0.1, -0.05) is 43.9 Å². The Kier molecular flexibility index (Phi) is 5.93. The van der Waals surface area contributed by atoms with Crippen LogP contribution < -0.4 is 16.2 Å². The van der Waals surface area contributed by atoms with E-state index in [0.717, 1.165) is 43.4 Å². The van der Waals surface area contributed by atoms with E-state index in [2.05, 4.69) is 20.8 Å². The minimum absolute atomic E-state index is 0.169. The molecule has 6 heteroatoms. The number of hydrogen-bond donors (Lipinski definition) is 3. The lowest BCUT2D eigenvalue weighted by Gasteiger charge is -2.31. The summed E-state index contributed by atoms with van der Waals surface area (Å²) in [6.45, 7) is 0. The standard InChI is InChI=1S/C22H30N4O2/c27-20(13-12-15-6-1-2-7-15)23-16-8-5-9-17(14-16)24-21-18-10-3-4-11-19(18)22(28)26-25-21/h3-4,10-11,15-17H,1-2,5-9,12-14H2,(H,23,27)(H,24,25)(H,26,28). The molecule has 1 aromatic carbocycles. The summed E-state index contributed by atoms with van der Waals surface area (Å²) in [6.07, 6.45) is 11.0. The van der Waals surface area contributed by atoms with Crippen molar-refractivity contribution in [3.8, 4) is 0 Å². The van der Waals surface area contributed by atoms with Gasteiger partial charge in [-0.15, -0.1) is 0 Å². The van der Waals surface area contributed by atoms with Crippen LogP contribution in [0.15, 0.2) is 29.1 Å². The summed E-state index contributed by atoms with van der Waals surface area (Å²) >= 11 is 0. The van der Waals surface area contributed by atoms with E-state index in [0.29, 0.717) is 17.6 Å². The van der Waals surface area contributed by atoms with Gasteiger partial charge in [0.1, 0.15) is 0 Å². The highest BCUT2D eigenvalue weighted by Gasteiger charge is 2.24. The zero-order valence-electron chi connectivity index (χ0n) is 16.4. The largest absolute Gasteiger partial charge is 0.365 e. The number of carbonyl (C=O) groups excluding carboxylic acids is 1. The van der Waals surface area contributed by atoms with Gasteiger partial charge in [0.25, 0.3) is 5.56 Å². The van der Waals surface area contributed by atoms with E-state index in [9.17, 15) is 9.59 Å². The topological polar surface area (TPSA) is 86.9 Å². The van der Waals surface area contributed by atoms with Crippen LogP contribution in [0.2, 0.25) is 0 Å². The van der Waals surface area contributed by atoms with Gasteiger partial charge in [0.2, 0.25) is 5.91 Å². The molecule has 2 aromatic rings. The third-order valence-corrected chi connectivity index (χ3v) is 6.33. The Morgan fingerprint density at radius 2 is 1.79 bits per heavy atom. The van der Waals surface area contributed by atoms with Gasteiger partial charge in [-0.3, -0.25) is 9.59 Å². The Balaban J connectivity index is 1.33. The first-order valence-corrected chi connectivity index (χ1v) is 10.7. The van der Waals surface area contributed by atoms with E-state index in [1.807, 2.05) is 24.3 Å². The van der Waals surface area contributed by atoms with Crippen LogP contribution in [0.5, 0.6) is 0 Å². The Morgan fingerprint density at radius 3 is 2.61 bits per heavy atom. The zero-order valence-corrected chi connectivity index (χ0v) is 16.4. The first-order valence-electron chi connectivity index (χ1n) is 10.7. The highest BCUT2D eigenvalue weighted by atomic mass is 16.1. The molecule has 2 saturated carbocycles. The molecule has 0 radical (unpaired) electrons. The molecule has 2 fully saturated rings. The second-order valence-corrected chi connectivity index (χ2v) is 8.41. The molecule has 0 saturated heterocycles. The predicted molar refractivity (Wildman–Crippen MR) is 111 cm³/mol. The molecule has 6 nitrogen and oxygen atoms in total. The third-order valence-electron chi connectivity index (χ3n) is 6.33. The van der Waals surface area contributed by atoms with Crippen LogP contribution in [-0.2, 0) is 4.79 Å². The number of aromatic nitrogens is 2. The molecule has 1 aromatic heterocycles. The normalized spacial score (nSPS) is 23.0. The minimum Gasteiger partial charge on any atom is -0.365 e. The predicted octanol–water partition coefficient (Wildman–Crippen LogP) is 3.73. The van der Waals surface area contributed by atoms with Gasteiger partial charge in [-0.25, -0.2) is 5.10 Å². The van der Waals surface area contributed by atoms with Crippen LogP contribution in [0.25, 0.3) is 10.8 Å². The lowest BCUT2D eigenvalue weighted by Crippen LogP contribution is -2.42. The number of H-pyrrole nitrogens is 1. The van der Waals surface area contributed by atoms with Crippen molar-refractivity contribution in [3.05, 3.63) is 34.6 Å². The first-order chi connectivity index (χ1) is 13.7. The molecular weight excluding hydrogens is 352 g/mol. The number of anilines is 1. The van der Waals surface area contributed by atoms with Crippen LogP contribution in [0, 0.1) is 5.92 Å². The van der Waals surface area contributed by atoms with Gasteiger partial charge in [0.15, 0.2) is 5.82 Å². The van der Waals surface area contributed by atoms with Gasteiger partial charge >= 0.3 is 0 Å². The maximum atomic E-state index is 12.4. The van der Waals surface area contributed by atoms with E-state index >= 15 is 0 Å². The lowest BCUT2D eigenvalue weighted by molar-refractivity contribution is -0.122. The number of carbonyl (C=O) groups is 1. The van der Waals surface area contributed by atoms with Crippen LogP contribution in [0.4, 0.5) is 5.82 Å². The molecule has 2 unspecified atom stereocenters. The second-order valence-electron chi connectivity index (χ2n) is 8.41. The second kappa shape index (κ2) is 8.76. The molecule has 150 valence electrons. The first kappa shape index (κ1) is 19.0. The minimum atomic E-state index is -0.169. The van der Waals surface area contributed by atoms with Crippen LogP contribution in [0.3, 0.4) is 0 Å². The Hall–Kier alpha value is -2.37. The van der Waals surface area contributed by atoms with E-state index in [1.54, 1.807) is 0 Å². The maximum Gasteiger partial charge on any atom is 0.272 e. The molecule has 0 aliphatic heterocycles. The molecule has 3 N–H and O–H groups in total. The highest BCUT2D eigenvalue weighted by molar-refractivity contribution is 5.90. The average molecular weight is 383 g/mol. The number of nitrogens with zero attached hydrogens (tertiary/aromatic N) is 1. The van der Waals surface area contributed by atoms with Gasteiger partial charge < -0.3 is 10.6 Å². The fourth-order valence-corrected chi connectivity index (χ4v) is 4.80. The molecular formula is C22H30N4O2. The van der Waals surface area contributed by atoms with E-state index in [1.165, 1.54) is 25.7 Å². The highest BCUT2D eigenvalue weighted by Crippen LogP contribution is 2.29. The van der Waals surface area contributed by atoms with E-state index < -0.39 is 0 Å². The quantitative estimate of drug-likeness (QED) is 0.710. The lowest BCUT2D eigenvalue weighted by atomic mass is 9.90. The van der Waals surface area contributed by atoms with E-state index in [-0.39, 0.29) is 23.6 Å². The third kappa shape index (κ3) is 4.54. The van der Waals surface area contributed by atoms with Crippen molar-refractivity contribution in [1.82, 2.24) is 15.5 Å². The zero-order chi connectivity index (χ0) is 19.3. The molecule has 0 spiro atoms. The SMILES string of the molecule is O=C(CCC1CCCC1)NC1CCCC(Nc2n[nH]c(=O)c3ccccc23)C1. The number of aromatic amines is 1. The van der Waals surface area contributed by atoms with Crippen molar-refractivity contribution in [3.63, 3.8) is 0 Å². The van der Waals surface area contributed by atoms with Gasteiger partial charge in [-0.2, -0.15) is 5.10 Å². The summed E-state index contributed by atoms with van der Waals surface area (Å²) < 4.78 is 0.